The van der Waals surface area contributed by atoms with Crippen LogP contribution in [0.5, 0.6) is 0 Å². The fraction of sp³-hybridized carbons (Fsp3) is 0.158. The number of carbonyl (C=O) groups is 1. The topological polar surface area (TPSA) is 77.0 Å². The van der Waals surface area contributed by atoms with Crippen LogP contribution in [0.15, 0.2) is 60.2 Å². The SMILES string of the molecule is N#C/C(=C/C1CNNC1c1ccccc1)C(=O)Nc1cccc(Cl)c1Cl. The van der Waals surface area contributed by atoms with Gasteiger partial charge in [0.2, 0.25) is 0 Å². The molecule has 0 spiro atoms. The maximum atomic E-state index is 12.5. The molecule has 132 valence electrons. The Hall–Kier alpha value is -2.36. The van der Waals surface area contributed by atoms with E-state index >= 15 is 0 Å². The van der Waals surface area contributed by atoms with E-state index in [-0.39, 0.29) is 22.6 Å². The predicted octanol–water partition coefficient (Wildman–Crippen LogP) is 3.85. The van der Waals surface area contributed by atoms with Gasteiger partial charge in [-0.25, -0.2) is 5.43 Å². The zero-order valence-electron chi connectivity index (χ0n) is 13.7. The number of nitriles is 1. The minimum Gasteiger partial charge on any atom is -0.320 e. The van der Waals surface area contributed by atoms with Crippen LogP contribution in [-0.4, -0.2) is 12.5 Å². The summed E-state index contributed by atoms with van der Waals surface area (Å²) in [4.78, 5) is 12.5. The van der Waals surface area contributed by atoms with Gasteiger partial charge in [0.25, 0.3) is 5.91 Å². The van der Waals surface area contributed by atoms with Crippen molar-refractivity contribution in [3.05, 3.63) is 75.8 Å². The number of anilines is 1. The summed E-state index contributed by atoms with van der Waals surface area (Å²) in [5.41, 5.74) is 7.74. The normalized spacial score (nSPS) is 19.8. The van der Waals surface area contributed by atoms with E-state index < -0.39 is 5.91 Å². The van der Waals surface area contributed by atoms with Gasteiger partial charge in [0.1, 0.15) is 11.6 Å². The number of hydrogen-bond donors (Lipinski definition) is 3. The number of nitrogens with one attached hydrogen (secondary N) is 3. The van der Waals surface area contributed by atoms with E-state index in [0.29, 0.717) is 17.3 Å². The zero-order valence-corrected chi connectivity index (χ0v) is 15.2. The van der Waals surface area contributed by atoms with Crippen molar-refractivity contribution in [1.29, 1.82) is 5.26 Å². The van der Waals surface area contributed by atoms with Crippen LogP contribution in [0, 0.1) is 17.2 Å². The predicted molar refractivity (Wildman–Crippen MR) is 103 cm³/mol. The van der Waals surface area contributed by atoms with Gasteiger partial charge in [-0.05, 0) is 17.7 Å². The molecule has 5 nitrogen and oxygen atoms in total. The molecule has 26 heavy (non-hydrogen) atoms. The van der Waals surface area contributed by atoms with Gasteiger partial charge in [-0.2, -0.15) is 5.26 Å². The van der Waals surface area contributed by atoms with Crippen LogP contribution < -0.4 is 16.2 Å². The fourth-order valence-corrected chi connectivity index (χ4v) is 3.17. The second-order valence-electron chi connectivity index (χ2n) is 5.83. The van der Waals surface area contributed by atoms with Crippen LogP contribution >= 0.6 is 23.2 Å². The minimum absolute atomic E-state index is 0.0254. The molecule has 3 rings (SSSR count). The highest BCUT2D eigenvalue weighted by atomic mass is 35.5. The smallest absolute Gasteiger partial charge is 0.266 e. The highest BCUT2D eigenvalue weighted by Gasteiger charge is 2.28. The Balaban J connectivity index is 1.80. The average Bonchev–Trinajstić information content (AvgIpc) is 3.12. The van der Waals surface area contributed by atoms with Crippen molar-refractivity contribution in [3.63, 3.8) is 0 Å². The monoisotopic (exact) mass is 386 g/mol. The van der Waals surface area contributed by atoms with Crippen LogP contribution in [0.1, 0.15) is 11.6 Å². The highest BCUT2D eigenvalue weighted by Crippen LogP contribution is 2.30. The first-order chi connectivity index (χ1) is 12.6. The van der Waals surface area contributed by atoms with E-state index in [4.69, 9.17) is 23.2 Å². The lowest BCUT2D eigenvalue weighted by atomic mass is 9.93. The van der Waals surface area contributed by atoms with Crippen molar-refractivity contribution in [2.24, 2.45) is 5.92 Å². The first kappa shape index (κ1) is 18.4. The quantitative estimate of drug-likeness (QED) is 0.550. The third kappa shape index (κ3) is 4.06. The molecule has 2 aromatic carbocycles. The largest absolute Gasteiger partial charge is 0.320 e. The Kier molecular flexibility index (Phi) is 5.92. The van der Waals surface area contributed by atoms with Gasteiger partial charge < -0.3 is 5.32 Å². The molecule has 0 aromatic heterocycles. The van der Waals surface area contributed by atoms with E-state index in [0.717, 1.165) is 5.56 Å². The molecule has 2 unspecified atom stereocenters. The van der Waals surface area contributed by atoms with Gasteiger partial charge in [-0.3, -0.25) is 10.2 Å². The number of hydrazine groups is 1. The van der Waals surface area contributed by atoms with Crippen molar-refractivity contribution in [2.75, 3.05) is 11.9 Å². The van der Waals surface area contributed by atoms with Crippen LogP contribution in [0.4, 0.5) is 5.69 Å². The summed E-state index contributed by atoms with van der Waals surface area (Å²) in [7, 11) is 0. The van der Waals surface area contributed by atoms with Crippen molar-refractivity contribution in [1.82, 2.24) is 10.9 Å². The highest BCUT2D eigenvalue weighted by molar-refractivity contribution is 6.44. The molecule has 1 fully saturated rings. The van der Waals surface area contributed by atoms with Gasteiger partial charge in [-0.1, -0.05) is 65.7 Å². The summed E-state index contributed by atoms with van der Waals surface area (Å²) in [5, 5.41) is 12.7. The lowest BCUT2D eigenvalue weighted by Gasteiger charge is -2.16. The minimum atomic E-state index is -0.518. The Morgan fingerprint density at radius 2 is 1.96 bits per heavy atom. The summed E-state index contributed by atoms with van der Waals surface area (Å²) < 4.78 is 0. The summed E-state index contributed by atoms with van der Waals surface area (Å²) >= 11 is 12.0. The van der Waals surface area contributed by atoms with Crippen LogP contribution in [0.2, 0.25) is 10.0 Å². The Morgan fingerprint density at radius 1 is 1.19 bits per heavy atom. The Morgan fingerprint density at radius 3 is 2.69 bits per heavy atom. The summed E-state index contributed by atoms with van der Waals surface area (Å²) in [5.74, 6) is -0.567. The molecule has 1 amide bonds. The second kappa shape index (κ2) is 8.35. The lowest BCUT2D eigenvalue weighted by molar-refractivity contribution is -0.112. The van der Waals surface area contributed by atoms with Crippen LogP contribution in [0.25, 0.3) is 0 Å². The fourth-order valence-electron chi connectivity index (χ4n) is 2.83. The third-order valence-electron chi connectivity index (χ3n) is 4.13. The number of amides is 1. The Bertz CT molecular complexity index is 877. The molecule has 2 aromatic rings. The standard InChI is InChI=1S/C19H16Cl2N4O/c20-15-7-4-8-16(17(15)21)24-19(26)13(10-22)9-14-11-23-25-18(14)12-5-2-1-3-6-12/h1-9,14,18,23,25H,11H2,(H,24,26)/b13-9-. The third-order valence-corrected chi connectivity index (χ3v) is 4.95. The number of hydrogen-bond acceptors (Lipinski definition) is 4. The molecule has 3 N–H and O–H groups in total. The summed E-state index contributed by atoms with van der Waals surface area (Å²) in [6.45, 7) is 0.607. The molecular formula is C19H16Cl2N4O. The lowest BCUT2D eigenvalue weighted by Crippen LogP contribution is -2.24. The van der Waals surface area contributed by atoms with Gasteiger partial charge in [0.05, 0.1) is 21.8 Å². The van der Waals surface area contributed by atoms with Crippen molar-refractivity contribution in [3.8, 4) is 6.07 Å². The Labute approximate surface area is 161 Å². The number of benzene rings is 2. The number of rotatable bonds is 4. The first-order valence-corrected chi connectivity index (χ1v) is 8.76. The molecule has 1 aliphatic rings. The maximum Gasteiger partial charge on any atom is 0.266 e. The molecule has 0 bridgehead atoms. The van der Waals surface area contributed by atoms with Gasteiger partial charge >= 0.3 is 0 Å². The molecule has 0 saturated carbocycles. The van der Waals surface area contributed by atoms with Gasteiger partial charge in [0, 0.05) is 12.5 Å². The van der Waals surface area contributed by atoms with E-state index in [1.165, 1.54) is 0 Å². The molecule has 2 atom stereocenters. The second-order valence-corrected chi connectivity index (χ2v) is 6.61. The summed E-state index contributed by atoms with van der Waals surface area (Å²) in [6, 6.07) is 16.7. The maximum absolute atomic E-state index is 12.5. The van der Waals surface area contributed by atoms with E-state index in [9.17, 15) is 10.1 Å². The number of nitrogens with zero attached hydrogens (tertiary/aromatic N) is 1. The number of carbonyl (C=O) groups excluding carboxylic acids is 1. The number of halogens is 2. The van der Waals surface area contributed by atoms with Gasteiger partial charge in [0.15, 0.2) is 0 Å². The van der Waals surface area contributed by atoms with E-state index in [1.807, 2.05) is 36.4 Å². The molecular weight excluding hydrogens is 371 g/mol. The zero-order chi connectivity index (χ0) is 18.5. The molecule has 0 aliphatic carbocycles. The molecule has 7 heteroatoms. The molecule has 0 radical (unpaired) electrons. The molecule has 1 saturated heterocycles. The molecule has 1 heterocycles. The first-order valence-electron chi connectivity index (χ1n) is 8.00. The van der Waals surface area contributed by atoms with Crippen LogP contribution in [-0.2, 0) is 4.79 Å². The molecule has 1 aliphatic heterocycles. The van der Waals surface area contributed by atoms with Crippen molar-refractivity contribution >= 4 is 34.8 Å². The van der Waals surface area contributed by atoms with Gasteiger partial charge in [-0.15, -0.1) is 0 Å². The van der Waals surface area contributed by atoms with E-state index in [1.54, 1.807) is 24.3 Å². The van der Waals surface area contributed by atoms with E-state index in [2.05, 4.69) is 16.2 Å². The van der Waals surface area contributed by atoms with Crippen molar-refractivity contribution in [2.45, 2.75) is 6.04 Å². The summed E-state index contributed by atoms with van der Waals surface area (Å²) in [6.07, 6.45) is 1.68. The van der Waals surface area contributed by atoms with Crippen LogP contribution in [0.3, 0.4) is 0 Å². The van der Waals surface area contributed by atoms with Crippen molar-refractivity contribution < 1.29 is 4.79 Å². The average molecular weight is 387 g/mol.